The average molecular weight is 194 g/mol. The van der Waals surface area contributed by atoms with Crippen LogP contribution in [0.4, 0.5) is 0 Å². The number of benzene rings is 1. The van der Waals surface area contributed by atoms with E-state index < -0.39 is 5.97 Å². The molecule has 0 aromatic heterocycles. The molecular weight excluding hydrogens is 180 g/mol. The molecule has 0 spiro atoms. The highest BCUT2D eigenvalue weighted by Gasteiger charge is 1.96. The van der Waals surface area contributed by atoms with Crippen LogP contribution >= 0.6 is 0 Å². The first kappa shape index (κ1) is 12.4. The molecule has 0 saturated carbocycles. The molecule has 0 saturated heterocycles. The van der Waals surface area contributed by atoms with Gasteiger partial charge in [-0.25, -0.2) is 0 Å². The van der Waals surface area contributed by atoms with Crippen molar-refractivity contribution in [2.24, 2.45) is 0 Å². The lowest BCUT2D eigenvalue weighted by molar-refractivity contribution is -0.136. The zero-order chi connectivity index (χ0) is 11.0. The van der Waals surface area contributed by atoms with Crippen LogP contribution in [0.3, 0.4) is 0 Å². The van der Waals surface area contributed by atoms with Crippen molar-refractivity contribution in [3.05, 3.63) is 35.9 Å². The van der Waals surface area contributed by atoms with Crippen LogP contribution in [-0.2, 0) is 16.0 Å². The monoisotopic (exact) mass is 194 g/mol. The fourth-order valence-electron chi connectivity index (χ4n) is 0.770. The van der Waals surface area contributed by atoms with Crippen LogP contribution in [-0.4, -0.2) is 16.9 Å². The highest BCUT2D eigenvalue weighted by Crippen LogP contribution is 1.98. The van der Waals surface area contributed by atoms with E-state index in [1.165, 1.54) is 13.8 Å². The Morgan fingerprint density at radius 1 is 1.14 bits per heavy atom. The number of carbonyl (C=O) groups is 2. The number of rotatable bonds is 2. The summed E-state index contributed by atoms with van der Waals surface area (Å²) < 4.78 is 0. The third-order valence-electron chi connectivity index (χ3n) is 1.20. The predicted octanol–water partition coefficient (Wildman–Crippen LogP) is 1.91. The molecule has 3 heteroatoms. The number of carbonyl (C=O) groups excluding carboxylic acids is 1. The Kier molecular flexibility index (Phi) is 6.03. The summed E-state index contributed by atoms with van der Waals surface area (Å²) in [6.07, 6.45) is 0.112. The van der Waals surface area contributed by atoms with Gasteiger partial charge in [0.1, 0.15) is 5.78 Å². The van der Waals surface area contributed by atoms with Gasteiger partial charge in [-0.05, 0) is 19.4 Å². The van der Waals surface area contributed by atoms with Gasteiger partial charge in [-0.2, -0.15) is 0 Å². The summed E-state index contributed by atoms with van der Waals surface area (Å²) in [4.78, 5) is 19.6. The molecule has 0 amide bonds. The lowest BCUT2D eigenvalue weighted by Crippen LogP contribution is -1.98. The maximum absolute atomic E-state index is 10.2. The summed E-state index contributed by atoms with van der Waals surface area (Å²) in [6, 6.07) is 9.13. The summed E-state index contributed by atoms with van der Waals surface area (Å²) in [7, 11) is 0. The molecule has 0 aliphatic rings. The largest absolute Gasteiger partial charge is 0.481 e. The summed E-state index contributed by atoms with van der Waals surface area (Å²) in [5.74, 6) is -0.619. The number of hydrogen-bond donors (Lipinski definition) is 1. The number of Topliss-reactive ketones (excluding diaryl/α,β-unsaturated/α-hetero) is 1. The van der Waals surface area contributed by atoms with E-state index >= 15 is 0 Å². The summed E-state index contributed by atoms with van der Waals surface area (Å²) >= 11 is 0. The van der Waals surface area contributed by atoms with E-state index in [4.69, 9.17) is 5.11 Å². The maximum Gasteiger partial charge on any atom is 0.307 e. The lowest BCUT2D eigenvalue weighted by Gasteiger charge is -1.92. The third kappa shape index (κ3) is 8.46. The van der Waals surface area contributed by atoms with Gasteiger partial charge in [0, 0.05) is 0 Å². The molecule has 0 aliphatic carbocycles. The SMILES string of the molecule is CC(C)=O.O=C(O)Cc1ccccc1. The first-order valence-corrected chi connectivity index (χ1v) is 4.25. The second-order valence-electron chi connectivity index (χ2n) is 2.96. The number of carboxylic acids is 1. The Morgan fingerprint density at radius 3 is 1.93 bits per heavy atom. The van der Waals surface area contributed by atoms with Crippen molar-refractivity contribution >= 4 is 11.8 Å². The number of carboxylic acid groups (broad SMARTS) is 1. The molecule has 0 atom stereocenters. The van der Waals surface area contributed by atoms with Gasteiger partial charge in [-0.3, -0.25) is 4.79 Å². The zero-order valence-corrected chi connectivity index (χ0v) is 8.36. The minimum Gasteiger partial charge on any atom is -0.481 e. The van der Waals surface area contributed by atoms with Gasteiger partial charge in [0.25, 0.3) is 0 Å². The minimum absolute atomic E-state index is 0.112. The van der Waals surface area contributed by atoms with Gasteiger partial charge in [-0.1, -0.05) is 30.3 Å². The summed E-state index contributed by atoms with van der Waals surface area (Å²) in [5.41, 5.74) is 0.843. The smallest absolute Gasteiger partial charge is 0.307 e. The molecule has 3 nitrogen and oxygen atoms in total. The van der Waals surface area contributed by atoms with E-state index in [1.807, 2.05) is 18.2 Å². The van der Waals surface area contributed by atoms with Gasteiger partial charge in [0.05, 0.1) is 6.42 Å². The van der Waals surface area contributed by atoms with Crippen LogP contribution in [0.2, 0.25) is 0 Å². The standard InChI is InChI=1S/C8H8O2.C3H6O/c9-8(10)6-7-4-2-1-3-5-7;1-3(2)4/h1-5H,6H2,(H,9,10);1-2H3. The quantitative estimate of drug-likeness (QED) is 0.782. The second kappa shape index (κ2) is 6.83. The second-order valence-corrected chi connectivity index (χ2v) is 2.96. The molecule has 1 rings (SSSR count). The molecule has 0 heterocycles. The molecule has 0 aliphatic heterocycles. The van der Waals surface area contributed by atoms with E-state index in [0.717, 1.165) is 5.56 Å². The van der Waals surface area contributed by atoms with Crippen LogP contribution in [0.1, 0.15) is 19.4 Å². The van der Waals surface area contributed by atoms with Crippen LogP contribution in [0.5, 0.6) is 0 Å². The van der Waals surface area contributed by atoms with Gasteiger partial charge in [-0.15, -0.1) is 0 Å². The fraction of sp³-hybridized carbons (Fsp3) is 0.273. The van der Waals surface area contributed by atoms with E-state index in [-0.39, 0.29) is 12.2 Å². The third-order valence-corrected chi connectivity index (χ3v) is 1.20. The van der Waals surface area contributed by atoms with Crippen LogP contribution in [0.15, 0.2) is 30.3 Å². The Bertz CT molecular complexity index is 287. The molecule has 1 N–H and O–H groups in total. The van der Waals surface area contributed by atoms with Crippen LogP contribution in [0, 0.1) is 0 Å². The molecule has 0 unspecified atom stereocenters. The Morgan fingerprint density at radius 2 is 1.57 bits per heavy atom. The van der Waals surface area contributed by atoms with Gasteiger partial charge in [0.2, 0.25) is 0 Å². The Labute approximate surface area is 83.4 Å². The van der Waals surface area contributed by atoms with Crippen molar-refractivity contribution in [1.82, 2.24) is 0 Å². The van der Waals surface area contributed by atoms with Crippen molar-refractivity contribution in [2.75, 3.05) is 0 Å². The predicted molar refractivity (Wildman–Crippen MR) is 54.1 cm³/mol. The highest BCUT2D eigenvalue weighted by atomic mass is 16.4. The first-order chi connectivity index (χ1) is 6.52. The topological polar surface area (TPSA) is 54.4 Å². The van der Waals surface area contributed by atoms with E-state index in [9.17, 15) is 9.59 Å². The molecular formula is C11H14O3. The van der Waals surface area contributed by atoms with Crippen molar-refractivity contribution in [2.45, 2.75) is 20.3 Å². The Hall–Kier alpha value is -1.64. The number of hydrogen-bond acceptors (Lipinski definition) is 2. The molecule has 0 fully saturated rings. The van der Waals surface area contributed by atoms with Crippen molar-refractivity contribution < 1.29 is 14.7 Å². The van der Waals surface area contributed by atoms with Crippen LogP contribution in [0.25, 0.3) is 0 Å². The molecule has 1 aromatic carbocycles. The van der Waals surface area contributed by atoms with Crippen molar-refractivity contribution in [3.63, 3.8) is 0 Å². The van der Waals surface area contributed by atoms with Crippen molar-refractivity contribution in [1.29, 1.82) is 0 Å². The van der Waals surface area contributed by atoms with Crippen LogP contribution < -0.4 is 0 Å². The first-order valence-electron chi connectivity index (χ1n) is 4.25. The van der Waals surface area contributed by atoms with Gasteiger partial charge < -0.3 is 9.90 Å². The molecule has 0 bridgehead atoms. The summed E-state index contributed by atoms with van der Waals surface area (Å²) in [5, 5.41) is 8.37. The van der Waals surface area contributed by atoms with Gasteiger partial charge in [0.15, 0.2) is 0 Å². The minimum atomic E-state index is -0.786. The highest BCUT2D eigenvalue weighted by molar-refractivity contribution is 5.72. The van der Waals surface area contributed by atoms with Gasteiger partial charge >= 0.3 is 5.97 Å². The normalized spacial score (nSPS) is 8.43. The average Bonchev–Trinajstić information content (AvgIpc) is 2.03. The van der Waals surface area contributed by atoms with E-state index in [0.29, 0.717) is 0 Å². The summed E-state index contributed by atoms with van der Waals surface area (Å²) in [6.45, 7) is 3.06. The maximum atomic E-state index is 10.2. The molecule has 14 heavy (non-hydrogen) atoms. The lowest BCUT2D eigenvalue weighted by atomic mass is 10.2. The molecule has 0 radical (unpaired) electrons. The van der Waals surface area contributed by atoms with E-state index in [2.05, 4.69) is 0 Å². The number of aliphatic carboxylic acids is 1. The Balaban J connectivity index is 0.000000364. The number of ketones is 1. The fourth-order valence-corrected chi connectivity index (χ4v) is 0.770. The van der Waals surface area contributed by atoms with Crippen molar-refractivity contribution in [3.8, 4) is 0 Å². The molecule has 76 valence electrons. The zero-order valence-electron chi connectivity index (χ0n) is 8.36. The molecule has 1 aromatic rings. The van der Waals surface area contributed by atoms with E-state index in [1.54, 1.807) is 12.1 Å².